The van der Waals surface area contributed by atoms with E-state index in [1.807, 2.05) is 0 Å². The number of rotatable bonds is 0. The summed E-state index contributed by atoms with van der Waals surface area (Å²) in [6, 6.07) is 0. The van der Waals surface area contributed by atoms with E-state index >= 15 is 0 Å². The lowest BCUT2D eigenvalue weighted by atomic mass is 9.79. The molecule has 2 fully saturated rings. The Hall–Kier alpha value is -0.120. The zero-order chi connectivity index (χ0) is 9.53. The van der Waals surface area contributed by atoms with E-state index in [1.165, 1.54) is 0 Å². The number of hydrogen-bond donors (Lipinski definition) is 2. The Kier molecular flexibility index (Phi) is 2.13. The molecule has 13 heavy (non-hydrogen) atoms. The summed E-state index contributed by atoms with van der Waals surface area (Å²) in [5.74, 6) is 0. The fourth-order valence-electron chi connectivity index (χ4n) is 2.70. The smallest absolute Gasteiger partial charge is 0.0801 e. The molecule has 0 bridgehead atoms. The predicted octanol–water partition coefficient (Wildman–Crippen LogP) is 0.668. The van der Waals surface area contributed by atoms with Gasteiger partial charge in [-0.15, -0.1) is 0 Å². The predicted molar refractivity (Wildman–Crippen MR) is 50.6 cm³/mol. The Morgan fingerprint density at radius 3 is 2.77 bits per heavy atom. The minimum atomic E-state index is -0.242. The third-order valence-electron chi connectivity index (χ3n) is 3.14. The number of aliphatic hydroxyl groups is 1. The van der Waals surface area contributed by atoms with Gasteiger partial charge in [0, 0.05) is 12.0 Å². The number of aliphatic hydroxyl groups excluding tert-OH is 1. The molecule has 2 aliphatic rings. The molecule has 3 heteroatoms. The highest BCUT2D eigenvalue weighted by atomic mass is 16.5. The maximum Gasteiger partial charge on any atom is 0.0801 e. The molecule has 0 aromatic carbocycles. The molecule has 0 radical (unpaired) electrons. The molecule has 2 unspecified atom stereocenters. The van der Waals surface area contributed by atoms with E-state index in [0.29, 0.717) is 6.61 Å². The molecule has 0 aromatic rings. The quantitative estimate of drug-likeness (QED) is 0.583. The van der Waals surface area contributed by atoms with Gasteiger partial charge in [0.05, 0.1) is 18.3 Å². The number of piperidine rings is 1. The zero-order valence-electron chi connectivity index (χ0n) is 8.47. The second-order valence-electron chi connectivity index (χ2n) is 5.09. The van der Waals surface area contributed by atoms with Crippen molar-refractivity contribution in [3.8, 4) is 0 Å². The van der Waals surface area contributed by atoms with Crippen LogP contribution in [0.25, 0.3) is 0 Å². The molecule has 2 atom stereocenters. The van der Waals surface area contributed by atoms with Crippen LogP contribution >= 0.6 is 0 Å². The van der Waals surface area contributed by atoms with Gasteiger partial charge in [-0.2, -0.15) is 0 Å². The van der Waals surface area contributed by atoms with E-state index in [1.54, 1.807) is 0 Å². The monoisotopic (exact) mass is 185 g/mol. The highest BCUT2D eigenvalue weighted by Crippen LogP contribution is 2.38. The first-order valence-electron chi connectivity index (χ1n) is 5.09. The largest absolute Gasteiger partial charge is 0.391 e. The van der Waals surface area contributed by atoms with Crippen LogP contribution in [-0.4, -0.2) is 35.5 Å². The summed E-state index contributed by atoms with van der Waals surface area (Å²) >= 11 is 0. The Labute approximate surface area is 79.5 Å². The van der Waals surface area contributed by atoms with Gasteiger partial charge in [-0.3, -0.25) is 0 Å². The molecule has 2 heterocycles. The van der Waals surface area contributed by atoms with Gasteiger partial charge in [0.2, 0.25) is 0 Å². The van der Waals surface area contributed by atoms with Gasteiger partial charge in [-0.05, 0) is 33.2 Å². The Balaban J connectivity index is 2.07. The maximum absolute atomic E-state index is 9.47. The zero-order valence-corrected chi connectivity index (χ0v) is 8.47. The molecule has 0 aromatic heterocycles. The maximum atomic E-state index is 9.47. The molecule has 2 aliphatic heterocycles. The minimum absolute atomic E-state index is 0.0336. The van der Waals surface area contributed by atoms with Gasteiger partial charge >= 0.3 is 0 Å². The molecule has 0 aliphatic carbocycles. The fourth-order valence-corrected chi connectivity index (χ4v) is 2.70. The molecule has 76 valence electrons. The topological polar surface area (TPSA) is 41.5 Å². The molecular weight excluding hydrogens is 166 g/mol. The van der Waals surface area contributed by atoms with Crippen molar-refractivity contribution in [3.63, 3.8) is 0 Å². The summed E-state index contributed by atoms with van der Waals surface area (Å²) in [7, 11) is 0. The average Bonchev–Trinajstić information content (AvgIpc) is 2.29. The second kappa shape index (κ2) is 2.94. The lowest BCUT2D eigenvalue weighted by Crippen LogP contribution is -2.53. The average molecular weight is 185 g/mol. The molecule has 1 spiro atoms. The molecule has 2 N–H and O–H groups in total. The van der Waals surface area contributed by atoms with Crippen molar-refractivity contribution in [2.45, 2.75) is 50.4 Å². The standard InChI is InChI=1S/C10H19NO2/c1-9(2)7-10(3-4-11-9)5-8(12)6-13-10/h8,11-12H,3-7H2,1-2H3. The van der Waals surface area contributed by atoms with Crippen LogP contribution in [0.1, 0.15) is 33.1 Å². The third kappa shape index (κ3) is 1.87. The van der Waals surface area contributed by atoms with Crippen molar-refractivity contribution in [3.05, 3.63) is 0 Å². The summed E-state index contributed by atoms with van der Waals surface area (Å²) in [6.45, 7) is 5.92. The first-order chi connectivity index (χ1) is 6.02. The van der Waals surface area contributed by atoms with Crippen molar-refractivity contribution >= 4 is 0 Å². The Bertz CT molecular complexity index is 201. The number of ether oxygens (including phenoxy) is 1. The van der Waals surface area contributed by atoms with Gasteiger partial charge in [0.1, 0.15) is 0 Å². The van der Waals surface area contributed by atoms with E-state index in [0.717, 1.165) is 25.8 Å². The number of hydrogen-bond acceptors (Lipinski definition) is 3. The van der Waals surface area contributed by atoms with Crippen LogP contribution in [0.4, 0.5) is 0 Å². The van der Waals surface area contributed by atoms with Crippen molar-refractivity contribution < 1.29 is 9.84 Å². The van der Waals surface area contributed by atoms with Crippen LogP contribution in [0.2, 0.25) is 0 Å². The van der Waals surface area contributed by atoms with Crippen LogP contribution in [0, 0.1) is 0 Å². The molecule has 0 amide bonds. The Morgan fingerprint density at radius 2 is 2.23 bits per heavy atom. The summed E-state index contributed by atoms with van der Waals surface area (Å²) in [6.07, 6.45) is 2.62. The first kappa shape index (κ1) is 9.44. The van der Waals surface area contributed by atoms with Gasteiger partial charge in [-0.25, -0.2) is 0 Å². The SMILES string of the molecule is CC1(C)CC2(CCN1)CC(O)CO2. The molecular formula is C10H19NO2. The second-order valence-corrected chi connectivity index (χ2v) is 5.09. The molecule has 2 saturated heterocycles. The van der Waals surface area contributed by atoms with Crippen molar-refractivity contribution in [2.24, 2.45) is 0 Å². The lowest BCUT2D eigenvalue weighted by Gasteiger charge is -2.42. The van der Waals surface area contributed by atoms with Gasteiger partial charge in [0.25, 0.3) is 0 Å². The van der Waals surface area contributed by atoms with Crippen LogP contribution in [-0.2, 0) is 4.74 Å². The highest BCUT2D eigenvalue weighted by molar-refractivity contribution is 5.00. The van der Waals surface area contributed by atoms with E-state index in [9.17, 15) is 5.11 Å². The van der Waals surface area contributed by atoms with Crippen molar-refractivity contribution in [2.75, 3.05) is 13.2 Å². The first-order valence-corrected chi connectivity index (χ1v) is 5.09. The minimum Gasteiger partial charge on any atom is -0.391 e. The van der Waals surface area contributed by atoms with E-state index in [4.69, 9.17) is 4.74 Å². The third-order valence-corrected chi connectivity index (χ3v) is 3.14. The van der Waals surface area contributed by atoms with E-state index in [2.05, 4.69) is 19.2 Å². The number of nitrogens with one attached hydrogen (secondary N) is 1. The highest BCUT2D eigenvalue weighted by Gasteiger charge is 2.45. The summed E-state index contributed by atoms with van der Waals surface area (Å²) in [4.78, 5) is 0. The van der Waals surface area contributed by atoms with Gasteiger partial charge < -0.3 is 15.2 Å². The van der Waals surface area contributed by atoms with E-state index < -0.39 is 0 Å². The molecule has 0 saturated carbocycles. The summed E-state index contributed by atoms with van der Waals surface area (Å²) in [5.41, 5.74) is 0.122. The Morgan fingerprint density at radius 1 is 1.46 bits per heavy atom. The van der Waals surface area contributed by atoms with Crippen LogP contribution < -0.4 is 5.32 Å². The normalized spacial score (nSPS) is 44.1. The van der Waals surface area contributed by atoms with Crippen LogP contribution in [0.5, 0.6) is 0 Å². The molecule has 3 nitrogen and oxygen atoms in total. The van der Waals surface area contributed by atoms with Gasteiger partial charge in [-0.1, -0.05) is 0 Å². The summed E-state index contributed by atoms with van der Waals surface area (Å²) < 4.78 is 5.74. The van der Waals surface area contributed by atoms with Gasteiger partial charge in [0.15, 0.2) is 0 Å². The fraction of sp³-hybridized carbons (Fsp3) is 1.00. The lowest BCUT2D eigenvalue weighted by molar-refractivity contribution is -0.0448. The molecule has 2 rings (SSSR count). The van der Waals surface area contributed by atoms with E-state index in [-0.39, 0.29) is 17.2 Å². The van der Waals surface area contributed by atoms with Crippen molar-refractivity contribution in [1.29, 1.82) is 0 Å². The van der Waals surface area contributed by atoms with Crippen LogP contribution in [0.15, 0.2) is 0 Å². The van der Waals surface area contributed by atoms with Crippen LogP contribution in [0.3, 0.4) is 0 Å². The van der Waals surface area contributed by atoms with Crippen molar-refractivity contribution in [1.82, 2.24) is 5.32 Å². The summed E-state index contributed by atoms with van der Waals surface area (Å²) in [5, 5.41) is 12.9.